The highest BCUT2D eigenvalue weighted by Crippen LogP contribution is 2.42. The number of aliphatic hydroxyl groups excluding tert-OH is 2. The van der Waals surface area contributed by atoms with Crippen molar-refractivity contribution in [2.75, 3.05) is 19.8 Å². The molecule has 1 saturated carbocycles. The van der Waals surface area contributed by atoms with Crippen molar-refractivity contribution in [1.29, 1.82) is 0 Å². The molecule has 1 aromatic rings. The summed E-state index contributed by atoms with van der Waals surface area (Å²) in [5.74, 6) is -0.839. The number of carbonyl (C=O) groups is 1. The minimum atomic E-state index is -1.00. The molecule has 0 saturated heterocycles. The fourth-order valence-corrected chi connectivity index (χ4v) is 5.00. The number of allylic oxidation sites excluding steroid dienone is 2. The van der Waals surface area contributed by atoms with Crippen molar-refractivity contribution in [3.8, 4) is 5.06 Å². The lowest BCUT2D eigenvalue weighted by Crippen LogP contribution is -2.20. The Balaban J connectivity index is 1.88. The van der Waals surface area contributed by atoms with Gasteiger partial charge in [-0.25, -0.2) is 4.79 Å². The Morgan fingerprint density at radius 1 is 1.47 bits per heavy atom. The topological polar surface area (TPSA) is 96.2 Å². The fraction of sp³-hybridized carbons (Fsp3) is 0.571. The number of thiophene rings is 1. The molecule has 1 aromatic heterocycles. The van der Waals surface area contributed by atoms with Gasteiger partial charge in [0.2, 0.25) is 0 Å². The van der Waals surface area contributed by atoms with E-state index in [9.17, 15) is 15.0 Å². The summed E-state index contributed by atoms with van der Waals surface area (Å²) in [5.41, 5.74) is 0. The lowest BCUT2D eigenvalue weighted by molar-refractivity contribution is -0.141. The number of hydrogen-bond acceptors (Lipinski definition) is 6. The summed E-state index contributed by atoms with van der Waals surface area (Å²) in [6.07, 6.45) is 7.78. The Morgan fingerprint density at radius 3 is 2.87 bits per heavy atom. The third-order valence-electron chi connectivity index (χ3n) is 5.18. The molecule has 164 valence electrons. The summed E-state index contributed by atoms with van der Waals surface area (Å²) in [5, 5.41) is 30.0. The standard InChI is InChI=1S/C21H28BBrO6S/c1-13-18(23)9-21(30-13)29-11-15(24)5-6-16-14(10-22)8-19(25)17(16)4-2-3-7-28-12-20(26)27/h2-3,5-6,9,14-17,19,24-25H,4,7-8,10-12H2,1H3,(H,26,27)/b3-2-,6-5+/t14-,15+,16-,17+,19?/m0/s1. The lowest BCUT2D eigenvalue weighted by atomic mass is 9.80. The van der Waals surface area contributed by atoms with Crippen LogP contribution in [0.4, 0.5) is 0 Å². The number of aliphatic carboxylic acids is 1. The van der Waals surface area contributed by atoms with E-state index in [4.69, 9.17) is 22.4 Å². The van der Waals surface area contributed by atoms with E-state index in [-0.39, 0.29) is 37.6 Å². The molecular formula is C21H28BBrO6S. The van der Waals surface area contributed by atoms with Gasteiger partial charge in [0.05, 0.1) is 20.6 Å². The average Bonchev–Trinajstić information content (AvgIpc) is 3.19. The van der Waals surface area contributed by atoms with Gasteiger partial charge in [0, 0.05) is 15.4 Å². The summed E-state index contributed by atoms with van der Waals surface area (Å²) in [6, 6.07) is 1.89. The van der Waals surface area contributed by atoms with E-state index in [1.54, 1.807) is 12.2 Å². The zero-order valence-corrected chi connectivity index (χ0v) is 19.3. The molecule has 9 heteroatoms. The monoisotopic (exact) mass is 498 g/mol. The van der Waals surface area contributed by atoms with Crippen molar-refractivity contribution < 1.29 is 29.6 Å². The minimum absolute atomic E-state index is 0.0189. The maximum atomic E-state index is 10.5. The van der Waals surface area contributed by atoms with Crippen LogP contribution in [0, 0.1) is 24.7 Å². The maximum Gasteiger partial charge on any atom is 0.329 e. The first-order chi connectivity index (χ1) is 14.3. The van der Waals surface area contributed by atoms with Crippen LogP contribution in [0.1, 0.15) is 17.7 Å². The fourth-order valence-electron chi connectivity index (χ4n) is 3.64. The van der Waals surface area contributed by atoms with Gasteiger partial charge < -0.3 is 24.8 Å². The highest BCUT2D eigenvalue weighted by Gasteiger charge is 2.39. The molecule has 1 unspecified atom stereocenters. The predicted octanol–water partition coefficient (Wildman–Crippen LogP) is 3.36. The van der Waals surface area contributed by atoms with Crippen LogP contribution >= 0.6 is 27.3 Å². The smallest absolute Gasteiger partial charge is 0.329 e. The Labute approximate surface area is 191 Å². The summed E-state index contributed by atoms with van der Waals surface area (Å²) in [7, 11) is 5.90. The number of aliphatic hydroxyl groups is 2. The van der Waals surface area contributed by atoms with Gasteiger partial charge in [-0.15, -0.1) is 11.3 Å². The van der Waals surface area contributed by atoms with Crippen molar-refractivity contribution in [2.24, 2.45) is 17.8 Å². The molecule has 2 rings (SSSR count). The maximum absolute atomic E-state index is 10.5. The Hall–Kier alpha value is -1.13. The van der Waals surface area contributed by atoms with Crippen molar-refractivity contribution in [3.05, 3.63) is 39.7 Å². The molecule has 6 nitrogen and oxygen atoms in total. The van der Waals surface area contributed by atoms with Crippen LogP contribution in [0.25, 0.3) is 0 Å². The molecule has 30 heavy (non-hydrogen) atoms. The molecule has 3 N–H and O–H groups in total. The normalized spacial score (nSPS) is 25.3. The number of carboxylic acids is 1. The zero-order valence-electron chi connectivity index (χ0n) is 16.9. The van der Waals surface area contributed by atoms with Gasteiger partial charge in [-0.2, -0.15) is 0 Å². The first kappa shape index (κ1) is 25.1. The third-order valence-corrected chi connectivity index (χ3v) is 7.23. The molecule has 1 fully saturated rings. The first-order valence-corrected chi connectivity index (χ1v) is 11.5. The second-order valence-corrected chi connectivity index (χ2v) is 9.46. The molecule has 2 radical (unpaired) electrons. The number of carboxylic acid groups (broad SMARTS) is 1. The first-order valence-electron chi connectivity index (χ1n) is 9.89. The van der Waals surface area contributed by atoms with Crippen LogP contribution in [0.5, 0.6) is 5.06 Å². The van der Waals surface area contributed by atoms with Crippen LogP contribution < -0.4 is 4.74 Å². The van der Waals surface area contributed by atoms with Gasteiger partial charge >= 0.3 is 5.97 Å². The second kappa shape index (κ2) is 12.7. The molecule has 1 heterocycles. The number of hydrogen-bond donors (Lipinski definition) is 3. The number of aryl methyl sites for hydroxylation is 1. The van der Waals surface area contributed by atoms with Gasteiger partial charge in [0.15, 0.2) is 5.06 Å². The molecule has 0 bridgehead atoms. The van der Waals surface area contributed by atoms with Gasteiger partial charge in [-0.3, -0.25) is 0 Å². The van der Waals surface area contributed by atoms with E-state index in [0.29, 0.717) is 19.2 Å². The lowest BCUT2D eigenvalue weighted by Gasteiger charge is -2.21. The molecule has 0 aliphatic heterocycles. The molecule has 1 aliphatic rings. The van der Waals surface area contributed by atoms with Gasteiger partial charge in [-0.05, 0) is 53.4 Å². The highest BCUT2D eigenvalue weighted by molar-refractivity contribution is 9.10. The van der Waals surface area contributed by atoms with Crippen LogP contribution in [0.15, 0.2) is 34.8 Å². The van der Waals surface area contributed by atoms with Gasteiger partial charge in [0.25, 0.3) is 0 Å². The Morgan fingerprint density at radius 2 is 2.23 bits per heavy atom. The second-order valence-electron chi connectivity index (χ2n) is 7.39. The third kappa shape index (κ3) is 7.85. The van der Waals surface area contributed by atoms with Gasteiger partial charge in [-0.1, -0.05) is 30.6 Å². The van der Waals surface area contributed by atoms with Crippen LogP contribution in [0.2, 0.25) is 6.32 Å². The van der Waals surface area contributed by atoms with E-state index < -0.39 is 18.2 Å². The molecular weight excluding hydrogens is 471 g/mol. The number of rotatable bonds is 12. The molecule has 0 amide bonds. The summed E-state index contributed by atoms with van der Waals surface area (Å²) in [4.78, 5) is 11.5. The summed E-state index contributed by atoms with van der Waals surface area (Å²) >= 11 is 4.96. The van der Waals surface area contributed by atoms with Crippen LogP contribution in [-0.4, -0.2) is 61.2 Å². The number of ether oxygens (including phenoxy) is 2. The van der Waals surface area contributed by atoms with Crippen molar-refractivity contribution in [3.63, 3.8) is 0 Å². The largest absolute Gasteiger partial charge is 0.481 e. The van der Waals surface area contributed by atoms with E-state index in [2.05, 4.69) is 15.9 Å². The zero-order chi connectivity index (χ0) is 22.1. The summed E-state index contributed by atoms with van der Waals surface area (Å²) < 4.78 is 11.6. The van der Waals surface area contributed by atoms with Crippen LogP contribution in [0.3, 0.4) is 0 Å². The average molecular weight is 499 g/mol. The Bertz CT molecular complexity index is 718. The highest BCUT2D eigenvalue weighted by atomic mass is 79.9. The van der Waals surface area contributed by atoms with Crippen LogP contribution in [-0.2, 0) is 9.53 Å². The van der Waals surface area contributed by atoms with E-state index in [1.165, 1.54) is 11.3 Å². The predicted molar refractivity (Wildman–Crippen MR) is 121 cm³/mol. The van der Waals surface area contributed by atoms with Crippen molar-refractivity contribution in [1.82, 2.24) is 0 Å². The molecule has 0 aromatic carbocycles. The van der Waals surface area contributed by atoms with Gasteiger partial charge in [0.1, 0.15) is 19.3 Å². The quantitative estimate of drug-likeness (QED) is 0.232. The van der Waals surface area contributed by atoms with E-state index >= 15 is 0 Å². The number of halogens is 1. The van der Waals surface area contributed by atoms with E-state index in [0.717, 1.165) is 14.4 Å². The van der Waals surface area contributed by atoms with Crippen molar-refractivity contribution in [2.45, 2.75) is 38.3 Å². The molecule has 0 spiro atoms. The molecule has 1 aliphatic carbocycles. The van der Waals surface area contributed by atoms with E-state index in [1.807, 2.05) is 25.1 Å². The molecule has 5 atom stereocenters. The minimum Gasteiger partial charge on any atom is -0.481 e. The SMILES string of the molecule is [B]C[C@@H]1CC(O)[C@H](C/C=C\COCC(=O)O)[C@H]1/C=C/[C@@H](O)COc1cc(Br)c(C)s1. The Kier molecular flexibility index (Phi) is 10.6. The van der Waals surface area contributed by atoms with Crippen molar-refractivity contribution >= 4 is 41.1 Å². The summed E-state index contributed by atoms with van der Waals surface area (Å²) in [6.45, 7) is 2.02.